The fraction of sp³-hybridized carbons (Fsp3) is 0.273. The van der Waals surface area contributed by atoms with Crippen molar-refractivity contribution in [3.63, 3.8) is 0 Å². The Labute approximate surface area is 93.3 Å². The molecule has 5 heteroatoms. The molecule has 1 rings (SSSR count). The summed E-state index contributed by atoms with van der Waals surface area (Å²) < 4.78 is 0. The molecule has 0 heterocycles. The van der Waals surface area contributed by atoms with E-state index < -0.39 is 5.97 Å². The van der Waals surface area contributed by atoms with E-state index in [2.05, 4.69) is 9.88 Å². The zero-order valence-electron chi connectivity index (χ0n) is 8.70. The summed E-state index contributed by atoms with van der Waals surface area (Å²) >= 11 is 0. The van der Waals surface area contributed by atoms with Crippen LogP contribution < -0.4 is 0 Å². The van der Waals surface area contributed by atoms with Crippen molar-refractivity contribution in [1.29, 1.82) is 0 Å². The number of hydrogen-bond acceptors (Lipinski definition) is 4. The summed E-state index contributed by atoms with van der Waals surface area (Å²) in [7, 11) is 0. The van der Waals surface area contributed by atoms with Gasteiger partial charge in [-0.25, -0.2) is 0 Å². The first-order valence-electron chi connectivity index (χ1n) is 4.81. The normalized spacial score (nSPS) is 10.5. The standard InChI is InChI=1S/C11H13NO4/c13-11(14)6-7-12-9-16-15-8-10-4-2-1-3-5-10/h1-5,9H,6-8H2,(H,13,14). The third kappa shape index (κ3) is 5.77. The second-order valence-corrected chi connectivity index (χ2v) is 3.00. The third-order valence-corrected chi connectivity index (χ3v) is 1.71. The topological polar surface area (TPSA) is 68.1 Å². The maximum absolute atomic E-state index is 10.1. The van der Waals surface area contributed by atoms with E-state index in [1.54, 1.807) is 0 Å². The maximum Gasteiger partial charge on any atom is 0.305 e. The van der Waals surface area contributed by atoms with E-state index in [1.807, 2.05) is 30.3 Å². The number of hydrogen-bond donors (Lipinski definition) is 1. The summed E-state index contributed by atoms with van der Waals surface area (Å²) in [6.07, 6.45) is 1.09. The first-order valence-corrected chi connectivity index (χ1v) is 4.81. The van der Waals surface area contributed by atoms with Gasteiger partial charge >= 0.3 is 5.97 Å². The van der Waals surface area contributed by atoms with Crippen LogP contribution in [0.4, 0.5) is 0 Å². The Morgan fingerprint density at radius 3 is 2.81 bits per heavy atom. The fourth-order valence-corrected chi connectivity index (χ4v) is 0.950. The van der Waals surface area contributed by atoms with Crippen LogP contribution in [-0.2, 0) is 21.2 Å². The average molecular weight is 223 g/mol. The van der Waals surface area contributed by atoms with Crippen LogP contribution in [0.2, 0.25) is 0 Å². The van der Waals surface area contributed by atoms with Crippen molar-refractivity contribution in [1.82, 2.24) is 0 Å². The van der Waals surface area contributed by atoms with Crippen molar-refractivity contribution in [2.75, 3.05) is 6.54 Å². The average Bonchev–Trinajstić information content (AvgIpc) is 2.29. The predicted molar refractivity (Wildman–Crippen MR) is 57.9 cm³/mol. The molecule has 0 atom stereocenters. The molecule has 0 fully saturated rings. The SMILES string of the molecule is O=C(O)CCN=COOCc1ccccc1. The Bertz CT molecular complexity index is 337. The van der Waals surface area contributed by atoms with Gasteiger partial charge in [0.2, 0.25) is 6.40 Å². The lowest BCUT2D eigenvalue weighted by Gasteiger charge is -1.99. The van der Waals surface area contributed by atoms with E-state index >= 15 is 0 Å². The number of rotatable bonds is 7. The zero-order chi connectivity index (χ0) is 11.6. The van der Waals surface area contributed by atoms with Gasteiger partial charge in [-0.1, -0.05) is 30.3 Å². The van der Waals surface area contributed by atoms with Crippen molar-refractivity contribution in [2.45, 2.75) is 13.0 Å². The number of nitrogens with zero attached hydrogens (tertiary/aromatic N) is 1. The van der Waals surface area contributed by atoms with E-state index in [-0.39, 0.29) is 13.0 Å². The van der Waals surface area contributed by atoms with Crippen LogP contribution in [-0.4, -0.2) is 24.0 Å². The summed E-state index contributed by atoms with van der Waals surface area (Å²) in [6.45, 7) is 0.510. The molecule has 1 aromatic rings. The fourth-order valence-electron chi connectivity index (χ4n) is 0.950. The van der Waals surface area contributed by atoms with Crippen molar-refractivity contribution >= 4 is 12.4 Å². The van der Waals surface area contributed by atoms with Crippen molar-refractivity contribution in [2.24, 2.45) is 4.99 Å². The second kappa shape index (κ2) is 7.42. The summed E-state index contributed by atoms with van der Waals surface area (Å²) in [6, 6.07) is 9.53. The monoisotopic (exact) mass is 223 g/mol. The number of benzene rings is 1. The summed E-state index contributed by atoms with van der Waals surface area (Å²) in [4.78, 5) is 23.3. The highest BCUT2D eigenvalue weighted by Crippen LogP contribution is 1.99. The Balaban J connectivity index is 2.06. The van der Waals surface area contributed by atoms with Gasteiger partial charge in [0.05, 0.1) is 13.0 Å². The lowest BCUT2D eigenvalue weighted by Crippen LogP contribution is -1.98. The molecule has 0 aliphatic carbocycles. The smallest absolute Gasteiger partial charge is 0.305 e. The van der Waals surface area contributed by atoms with Gasteiger partial charge in [-0.2, -0.15) is 4.89 Å². The molecule has 0 aliphatic heterocycles. The van der Waals surface area contributed by atoms with E-state index in [9.17, 15) is 4.79 Å². The lowest BCUT2D eigenvalue weighted by molar-refractivity contribution is -0.227. The van der Waals surface area contributed by atoms with E-state index in [0.717, 1.165) is 12.0 Å². The summed E-state index contributed by atoms with van der Waals surface area (Å²) in [5.74, 6) is -0.887. The maximum atomic E-state index is 10.1. The van der Waals surface area contributed by atoms with Crippen LogP contribution in [0.5, 0.6) is 0 Å². The minimum absolute atomic E-state index is 0.0153. The molecule has 0 spiro atoms. The molecule has 0 amide bonds. The van der Waals surface area contributed by atoms with Crippen LogP contribution in [0.15, 0.2) is 35.3 Å². The molecule has 0 unspecified atom stereocenters. The number of carboxylic acid groups (broad SMARTS) is 1. The van der Waals surface area contributed by atoms with Gasteiger partial charge in [-0.15, -0.1) is 0 Å². The van der Waals surface area contributed by atoms with Gasteiger partial charge < -0.3 is 9.99 Å². The summed E-state index contributed by atoms with van der Waals surface area (Å²) in [5, 5.41) is 8.32. The van der Waals surface area contributed by atoms with Crippen LogP contribution in [0.25, 0.3) is 0 Å². The Hall–Kier alpha value is -1.88. The Morgan fingerprint density at radius 2 is 2.12 bits per heavy atom. The highest BCUT2D eigenvalue weighted by Gasteiger charge is 1.93. The Morgan fingerprint density at radius 1 is 1.38 bits per heavy atom. The number of aliphatic carboxylic acids is 1. The van der Waals surface area contributed by atoms with Gasteiger partial charge in [-0.3, -0.25) is 9.79 Å². The van der Waals surface area contributed by atoms with Gasteiger partial charge in [0.25, 0.3) is 0 Å². The molecule has 1 N–H and O–H groups in total. The second-order valence-electron chi connectivity index (χ2n) is 3.00. The van der Waals surface area contributed by atoms with Gasteiger partial charge in [0, 0.05) is 0 Å². The predicted octanol–water partition coefficient (Wildman–Crippen LogP) is 1.64. The highest BCUT2D eigenvalue weighted by molar-refractivity contribution is 5.67. The minimum Gasteiger partial charge on any atom is -0.481 e. The Kier molecular flexibility index (Phi) is 5.65. The first kappa shape index (κ1) is 12.2. The van der Waals surface area contributed by atoms with Crippen LogP contribution in [0, 0.1) is 0 Å². The summed E-state index contributed by atoms with van der Waals surface area (Å²) in [5.41, 5.74) is 0.987. The van der Waals surface area contributed by atoms with Gasteiger partial charge in [-0.05, 0) is 5.56 Å². The zero-order valence-corrected chi connectivity index (χ0v) is 8.70. The third-order valence-electron chi connectivity index (χ3n) is 1.71. The molecule has 0 aromatic heterocycles. The van der Waals surface area contributed by atoms with Gasteiger partial charge in [0.1, 0.15) is 6.61 Å². The molecule has 1 aromatic carbocycles. The molecule has 5 nitrogen and oxygen atoms in total. The van der Waals surface area contributed by atoms with E-state index in [0.29, 0.717) is 6.61 Å². The van der Waals surface area contributed by atoms with Crippen molar-refractivity contribution in [3.05, 3.63) is 35.9 Å². The molecule has 0 saturated carbocycles. The number of aliphatic imine (C=N–C) groups is 1. The number of carbonyl (C=O) groups is 1. The highest BCUT2D eigenvalue weighted by atomic mass is 17.2. The van der Waals surface area contributed by atoms with Gasteiger partial charge in [0.15, 0.2) is 0 Å². The van der Waals surface area contributed by atoms with Crippen molar-refractivity contribution in [3.8, 4) is 0 Å². The molecule has 0 bridgehead atoms. The minimum atomic E-state index is -0.887. The molecular weight excluding hydrogens is 210 g/mol. The quantitative estimate of drug-likeness (QED) is 0.251. The number of carboxylic acids is 1. The van der Waals surface area contributed by atoms with E-state index in [1.165, 1.54) is 0 Å². The van der Waals surface area contributed by atoms with Crippen LogP contribution in [0.1, 0.15) is 12.0 Å². The van der Waals surface area contributed by atoms with Crippen molar-refractivity contribution < 1.29 is 19.7 Å². The van der Waals surface area contributed by atoms with E-state index in [4.69, 9.17) is 9.99 Å². The molecule has 86 valence electrons. The largest absolute Gasteiger partial charge is 0.481 e. The lowest BCUT2D eigenvalue weighted by atomic mass is 10.2. The first-order chi connectivity index (χ1) is 7.79. The van der Waals surface area contributed by atoms with Crippen LogP contribution >= 0.6 is 0 Å². The van der Waals surface area contributed by atoms with Crippen LogP contribution in [0.3, 0.4) is 0 Å². The molecular formula is C11H13NO4. The molecule has 0 radical (unpaired) electrons. The molecule has 0 aliphatic rings. The molecule has 0 saturated heterocycles. The molecule has 16 heavy (non-hydrogen) atoms.